The van der Waals surface area contributed by atoms with Gasteiger partial charge < -0.3 is 14.4 Å². The van der Waals surface area contributed by atoms with Crippen LogP contribution in [0.4, 0.5) is 0 Å². The fourth-order valence-electron chi connectivity index (χ4n) is 6.87. The van der Waals surface area contributed by atoms with Crippen LogP contribution in [0.5, 0.6) is 0 Å². The minimum Gasteiger partial charge on any atom is -0.500 e. The molecule has 1 radical (unpaired) electrons. The number of aromatic nitrogens is 2. The van der Waals surface area contributed by atoms with Crippen molar-refractivity contribution in [1.82, 2.24) is 9.97 Å². The average molecular weight is 902 g/mol. The largest absolute Gasteiger partial charge is 0.500 e. The van der Waals surface area contributed by atoms with E-state index < -0.39 is 33.3 Å². The van der Waals surface area contributed by atoms with E-state index in [1.807, 2.05) is 18.3 Å². The Morgan fingerprint density at radius 1 is 0.759 bits per heavy atom. The molecule has 8 rings (SSSR count). The Morgan fingerprint density at radius 3 is 2.22 bits per heavy atom. The molecule has 3 heterocycles. The standard InChI is InChI=1S/C34H34NO.C16H18N.Ir/c1-21-8-6-9-27-28-10-7-11-29(33(28)36-32(21)27)31-19-30(23(3)20-35-31)26-13-12-25(18-22(26)2)24-14-16-34(4,5)17-15-24;1-12-5-7-13(8-6-12)15-10-9-14(11-17-15)16(2,3)4;/h6-10,12-13,18-20,24H,14-17H2,1-5H3;5-7,9-11H,1-4H3;/q2*-1;/i1D3,2D3,3D3,24D;1D3;. The number of rotatable bonds is 4. The smallest absolute Gasteiger partial charge is 0.123 e. The van der Waals surface area contributed by atoms with Gasteiger partial charge >= 0.3 is 0 Å². The van der Waals surface area contributed by atoms with E-state index in [9.17, 15) is 1.37 Å². The van der Waals surface area contributed by atoms with Crippen LogP contribution in [0.25, 0.3) is 55.6 Å². The van der Waals surface area contributed by atoms with Crippen molar-refractivity contribution in [3.63, 3.8) is 0 Å². The molecule has 3 nitrogen and oxygen atoms in total. The Kier molecular flexibility index (Phi) is 7.50. The van der Waals surface area contributed by atoms with Crippen molar-refractivity contribution >= 4 is 21.9 Å². The fraction of sp³-hybridized carbons (Fsp3) is 0.320. The summed E-state index contributed by atoms with van der Waals surface area (Å²) < 4.78 is 111. The third kappa shape index (κ3) is 8.31. The predicted octanol–water partition coefficient (Wildman–Crippen LogP) is 13.9. The van der Waals surface area contributed by atoms with E-state index in [0.717, 1.165) is 24.1 Å². The van der Waals surface area contributed by atoms with Crippen LogP contribution in [0.15, 0.2) is 102 Å². The number of furan rings is 1. The SMILES string of the molecule is [2H]C([2H])([2H])c1c[c-]c(-c2ccc(C(C)(C)C)cn2)cc1.[2H]C([2H])([2H])c1cnc(-c2[c-]ccc3c2oc2c(C([2H])([2H])[2H])cccc23)cc1-c1ccc(C2([2H])CCC(C)(C)CC2)cc1C([2H])([2H])[2H].[Ir]. The first kappa shape index (κ1) is 25.7. The van der Waals surface area contributed by atoms with E-state index in [0.29, 0.717) is 45.9 Å². The quantitative estimate of drug-likeness (QED) is 0.165. The molecule has 1 aliphatic rings. The number of hydrogen-bond donors (Lipinski definition) is 0. The normalized spacial score (nSPS) is 19.5. The van der Waals surface area contributed by atoms with Crippen LogP contribution in [-0.4, -0.2) is 9.97 Å². The van der Waals surface area contributed by atoms with Gasteiger partial charge in [0.15, 0.2) is 0 Å². The summed E-state index contributed by atoms with van der Waals surface area (Å²) in [7, 11) is 0. The van der Waals surface area contributed by atoms with Gasteiger partial charge in [0.2, 0.25) is 0 Å². The second kappa shape index (κ2) is 15.8. The molecule has 0 unspecified atom stereocenters. The molecule has 1 aliphatic carbocycles. The van der Waals surface area contributed by atoms with Crippen LogP contribution in [0.3, 0.4) is 0 Å². The van der Waals surface area contributed by atoms with E-state index in [1.165, 1.54) is 30.0 Å². The van der Waals surface area contributed by atoms with Crippen molar-refractivity contribution in [2.45, 2.75) is 99.0 Å². The van der Waals surface area contributed by atoms with Gasteiger partial charge in [-0.25, -0.2) is 0 Å². The zero-order valence-electron chi connectivity index (χ0n) is 44.2. The topological polar surface area (TPSA) is 38.9 Å². The summed E-state index contributed by atoms with van der Waals surface area (Å²) in [6.45, 7) is 1.07. The van der Waals surface area contributed by atoms with Gasteiger partial charge in [-0.1, -0.05) is 107 Å². The zero-order valence-corrected chi connectivity index (χ0v) is 33.6. The maximum atomic E-state index is 9.25. The van der Waals surface area contributed by atoms with E-state index >= 15 is 0 Å². The second-order valence-corrected chi connectivity index (χ2v) is 15.7. The summed E-state index contributed by atoms with van der Waals surface area (Å²) in [5.74, 6) is -0.941. The molecule has 54 heavy (non-hydrogen) atoms. The molecule has 4 aromatic carbocycles. The molecule has 1 fully saturated rings. The number of fused-ring (bicyclic) bond motifs is 3. The van der Waals surface area contributed by atoms with E-state index in [4.69, 9.17) is 20.9 Å². The molecule has 0 spiro atoms. The summed E-state index contributed by atoms with van der Waals surface area (Å²) in [5.41, 5.74) is 5.40. The van der Waals surface area contributed by atoms with E-state index in [-0.39, 0.29) is 70.0 Å². The Hall–Kier alpha value is -4.37. The maximum Gasteiger partial charge on any atom is 0.123 e. The Morgan fingerprint density at radius 2 is 1.54 bits per heavy atom. The molecule has 3 aromatic heterocycles. The summed E-state index contributed by atoms with van der Waals surface area (Å²) >= 11 is 0. The van der Waals surface area contributed by atoms with Gasteiger partial charge in [-0.15, -0.1) is 53.6 Å². The molecule has 279 valence electrons. The van der Waals surface area contributed by atoms with Crippen LogP contribution in [0.2, 0.25) is 0 Å². The van der Waals surface area contributed by atoms with Crippen LogP contribution < -0.4 is 0 Å². The molecule has 0 aliphatic heterocycles. The molecule has 0 atom stereocenters. The van der Waals surface area contributed by atoms with Crippen molar-refractivity contribution in [2.24, 2.45) is 5.41 Å². The molecule has 4 heteroatoms. The number of hydrogen-bond acceptors (Lipinski definition) is 3. The van der Waals surface area contributed by atoms with Crippen LogP contribution in [-0.2, 0) is 25.5 Å². The summed E-state index contributed by atoms with van der Waals surface area (Å²) in [6, 6.07) is 29.8. The van der Waals surface area contributed by atoms with Gasteiger partial charge in [0.25, 0.3) is 0 Å². The van der Waals surface area contributed by atoms with Crippen LogP contribution in [0.1, 0.15) is 117 Å². The second-order valence-electron chi connectivity index (χ2n) is 15.7. The van der Waals surface area contributed by atoms with Crippen molar-refractivity contribution in [1.29, 1.82) is 0 Å². The molecule has 0 saturated heterocycles. The van der Waals surface area contributed by atoms with E-state index in [2.05, 4.69) is 56.7 Å². The monoisotopic (exact) mass is 902 g/mol. The van der Waals surface area contributed by atoms with Gasteiger partial charge in [0.05, 0.1) is 5.58 Å². The van der Waals surface area contributed by atoms with Crippen LogP contribution >= 0.6 is 0 Å². The predicted molar refractivity (Wildman–Crippen MR) is 222 cm³/mol. The Labute approximate surface area is 354 Å². The molecular formula is C50H52IrN2O-2. The Bertz CT molecular complexity index is 2820. The number of nitrogens with zero attached hydrogens (tertiary/aromatic N) is 2. The number of para-hydroxylation sites is 1. The first-order chi connectivity index (χ1) is 30.5. The van der Waals surface area contributed by atoms with Crippen molar-refractivity contribution in [3.05, 3.63) is 143 Å². The minimum atomic E-state index is -2.61. The van der Waals surface area contributed by atoms with Crippen molar-refractivity contribution in [2.75, 3.05) is 0 Å². The minimum absolute atomic E-state index is 0. The number of aryl methyl sites for hydroxylation is 4. The first-order valence-electron chi connectivity index (χ1n) is 24.5. The average Bonchev–Trinajstić information content (AvgIpc) is 3.62. The fourth-order valence-corrected chi connectivity index (χ4v) is 6.87. The number of benzene rings is 4. The van der Waals surface area contributed by atoms with E-state index in [1.54, 1.807) is 54.6 Å². The third-order valence-corrected chi connectivity index (χ3v) is 10.3. The zero-order chi connectivity index (χ0) is 48.4. The number of pyridine rings is 2. The molecule has 0 amide bonds. The maximum absolute atomic E-state index is 9.25. The van der Waals surface area contributed by atoms with Crippen molar-refractivity contribution < 1.29 is 42.3 Å². The van der Waals surface area contributed by atoms with Gasteiger partial charge in [-0.3, -0.25) is 0 Å². The summed E-state index contributed by atoms with van der Waals surface area (Å²) in [6.07, 6.45) is 5.97. The first-order valence-corrected chi connectivity index (χ1v) is 18.0. The van der Waals surface area contributed by atoms with Crippen molar-refractivity contribution in [3.8, 4) is 33.6 Å². The molecule has 0 N–H and O–H groups in total. The van der Waals surface area contributed by atoms with Gasteiger partial charge in [0.1, 0.15) is 5.58 Å². The molecule has 0 bridgehead atoms. The molecular weight excluding hydrogens is 837 g/mol. The summed E-state index contributed by atoms with van der Waals surface area (Å²) in [5, 5.41) is 1.25. The van der Waals surface area contributed by atoms with Gasteiger partial charge in [-0.05, 0) is 113 Å². The van der Waals surface area contributed by atoms with Gasteiger partial charge in [-0.2, -0.15) is 0 Å². The molecule has 7 aromatic rings. The Balaban J connectivity index is 0.000000296. The molecule has 1 saturated carbocycles. The third-order valence-electron chi connectivity index (χ3n) is 10.3. The summed E-state index contributed by atoms with van der Waals surface area (Å²) in [4.78, 5) is 8.90. The van der Waals surface area contributed by atoms with Gasteiger partial charge in [0, 0.05) is 55.7 Å². The van der Waals surface area contributed by atoms with Crippen LogP contribution in [0, 0.1) is 45.0 Å².